The van der Waals surface area contributed by atoms with E-state index in [1.807, 2.05) is 0 Å². The second-order valence-corrected chi connectivity index (χ2v) is 5.42. The summed E-state index contributed by atoms with van der Waals surface area (Å²) in [6.45, 7) is 6.08. The van der Waals surface area contributed by atoms with Crippen molar-refractivity contribution < 1.29 is 0 Å². The van der Waals surface area contributed by atoms with Crippen molar-refractivity contribution in [1.82, 2.24) is 0 Å². The van der Waals surface area contributed by atoms with E-state index in [2.05, 4.69) is 29.4 Å². The molecule has 0 saturated heterocycles. The number of allylic oxidation sites excluding steroid dienone is 1. The molecule has 0 aliphatic heterocycles. The largest absolute Gasteiger partial charge is 0.100 e. The van der Waals surface area contributed by atoms with E-state index in [-0.39, 0.29) is 0 Å². The van der Waals surface area contributed by atoms with Crippen molar-refractivity contribution in [1.29, 1.82) is 0 Å². The van der Waals surface area contributed by atoms with Gasteiger partial charge in [-0.25, -0.2) is 0 Å². The molecule has 0 N–H and O–H groups in total. The highest BCUT2D eigenvalue weighted by Crippen LogP contribution is 2.32. The van der Waals surface area contributed by atoms with Gasteiger partial charge in [0.15, 0.2) is 0 Å². The first-order valence-corrected chi connectivity index (χ1v) is 5.88. The van der Waals surface area contributed by atoms with Crippen molar-refractivity contribution in [3.05, 3.63) is 12.2 Å². The van der Waals surface area contributed by atoms with Crippen LogP contribution in [0.2, 0.25) is 0 Å². The summed E-state index contributed by atoms with van der Waals surface area (Å²) in [7, 11) is 0. The van der Waals surface area contributed by atoms with E-state index in [0.29, 0.717) is 0 Å². The van der Waals surface area contributed by atoms with Gasteiger partial charge < -0.3 is 0 Å². The van der Waals surface area contributed by atoms with Crippen LogP contribution in [0.25, 0.3) is 0 Å². The maximum absolute atomic E-state index is 3.95. The molecular formula is C11H19Br. The Bertz CT molecular complexity index is 151. The second kappa shape index (κ2) is 5.06. The molecule has 1 saturated carbocycles. The van der Waals surface area contributed by atoms with Gasteiger partial charge in [-0.3, -0.25) is 0 Å². The van der Waals surface area contributed by atoms with Crippen LogP contribution in [-0.2, 0) is 0 Å². The number of halogens is 1. The Balaban J connectivity index is 2.18. The Morgan fingerprint density at radius 1 is 1.50 bits per heavy atom. The maximum atomic E-state index is 3.95. The molecule has 1 heteroatoms. The first kappa shape index (κ1) is 10.3. The summed E-state index contributed by atoms with van der Waals surface area (Å²) in [6.07, 6.45) is 8.20. The lowest BCUT2D eigenvalue weighted by Crippen LogP contribution is -2.14. The van der Waals surface area contributed by atoms with Crippen LogP contribution >= 0.6 is 15.9 Å². The molecule has 0 spiro atoms. The summed E-state index contributed by atoms with van der Waals surface area (Å²) in [5, 5.41) is 0. The van der Waals surface area contributed by atoms with Gasteiger partial charge in [0.1, 0.15) is 0 Å². The van der Waals surface area contributed by atoms with E-state index < -0.39 is 0 Å². The summed E-state index contributed by atoms with van der Waals surface area (Å²) >= 11 is 3.71. The van der Waals surface area contributed by atoms with Crippen molar-refractivity contribution in [3.63, 3.8) is 0 Å². The summed E-state index contributed by atoms with van der Waals surface area (Å²) in [6, 6.07) is 0. The molecule has 2 atom stereocenters. The topological polar surface area (TPSA) is 0 Å². The van der Waals surface area contributed by atoms with E-state index in [1.54, 1.807) is 0 Å². The smallest absolute Gasteiger partial charge is 0.0148 e. The third-order valence-electron chi connectivity index (χ3n) is 2.70. The molecule has 70 valence electrons. The average molecular weight is 231 g/mol. The molecule has 0 aromatic heterocycles. The molecule has 0 aromatic rings. The Hall–Kier alpha value is 0.220. The van der Waals surface area contributed by atoms with Crippen LogP contribution in [0.4, 0.5) is 0 Å². The average Bonchev–Trinajstić information content (AvgIpc) is 2.01. The fourth-order valence-corrected chi connectivity index (χ4v) is 2.79. The van der Waals surface area contributed by atoms with E-state index in [1.165, 1.54) is 44.1 Å². The summed E-state index contributed by atoms with van der Waals surface area (Å²) < 4.78 is 0. The van der Waals surface area contributed by atoms with Crippen LogP contribution in [0.3, 0.4) is 0 Å². The number of rotatable bonds is 3. The van der Waals surface area contributed by atoms with Gasteiger partial charge in [-0.2, -0.15) is 0 Å². The monoisotopic (exact) mass is 230 g/mol. The lowest BCUT2D eigenvalue weighted by molar-refractivity contribution is 0.349. The van der Waals surface area contributed by atoms with Gasteiger partial charge in [-0.15, -0.1) is 6.58 Å². The lowest BCUT2D eigenvalue weighted by Gasteiger charge is -2.25. The minimum atomic E-state index is 0.793. The van der Waals surface area contributed by atoms with Crippen LogP contribution in [0.5, 0.6) is 0 Å². The first-order chi connectivity index (χ1) is 5.68. The molecule has 12 heavy (non-hydrogen) atoms. The fraction of sp³-hybridized carbons (Fsp3) is 0.818. The minimum absolute atomic E-state index is 0.793. The highest BCUT2D eigenvalue weighted by molar-refractivity contribution is 9.09. The summed E-state index contributed by atoms with van der Waals surface area (Å²) in [4.78, 5) is 0.793. The molecule has 1 aliphatic rings. The molecule has 1 fully saturated rings. The molecule has 1 rings (SSSR count). The molecule has 1 aliphatic carbocycles. The number of hydrogen-bond acceptors (Lipinski definition) is 0. The van der Waals surface area contributed by atoms with Crippen LogP contribution < -0.4 is 0 Å². The fourth-order valence-electron chi connectivity index (χ4n) is 1.94. The van der Waals surface area contributed by atoms with Crippen LogP contribution in [-0.4, -0.2) is 4.83 Å². The molecule has 0 nitrogen and oxygen atoms in total. The van der Waals surface area contributed by atoms with E-state index in [0.717, 1.165) is 10.7 Å². The Kier molecular flexibility index (Phi) is 4.34. The molecule has 0 bridgehead atoms. The highest BCUT2D eigenvalue weighted by Gasteiger charge is 2.19. The normalized spacial score (nSPS) is 30.2. The van der Waals surface area contributed by atoms with Gasteiger partial charge in [0.25, 0.3) is 0 Å². The van der Waals surface area contributed by atoms with Crippen molar-refractivity contribution in [2.45, 2.75) is 50.3 Å². The minimum Gasteiger partial charge on any atom is -0.100 e. The van der Waals surface area contributed by atoms with Crippen molar-refractivity contribution >= 4 is 15.9 Å². The van der Waals surface area contributed by atoms with Gasteiger partial charge >= 0.3 is 0 Å². The lowest BCUT2D eigenvalue weighted by atomic mass is 9.85. The predicted molar refractivity (Wildman–Crippen MR) is 58.7 cm³/mol. The van der Waals surface area contributed by atoms with E-state index >= 15 is 0 Å². The zero-order chi connectivity index (χ0) is 8.97. The Morgan fingerprint density at radius 3 is 2.83 bits per heavy atom. The van der Waals surface area contributed by atoms with E-state index in [9.17, 15) is 0 Å². The third-order valence-corrected chi connectivity index (χ3v) is 3.53. The SMILES string of the molecule is C=C(C)CCC1CCCC(Br)C1. The van der Waals surface area contributed by atoms with Crippen molar-refractivity contribution in [2.24, 2.45) is 5.92 Å². The first-order valence-electron chi connectivity index (χ1n) is 4.97. The van der Waals surface area contributed by atoms with Gasteiger partial charge in [0, 0.05) is 4.83 Å². The van der Waals surface area contributed by atoms with Crippen LogP contribution in [0.1, 0.15) is 45.4 Å². The summed E-state index contributed by atoms with van der Waals surface area (Å²) in [5.41, 5.74) is 1.34. The maximum Gasteiger partial charge on any atom is 0.0148 e. The highest BCUT2D eigenvalue weighted by atomic mass is 79.9. The Labute approximate surface area is 84.6 Å². The molecule has 0 radical (unpaired) electrons. The van der Waals surface area contributed by atoms with Crippen LogP contribution in [0, 0.1) is 5.92 Å². The second-order valence-electron chi connectivity index (χ2n) is 4.13. The van der Waals surface area contributed by atoms with E-state index in [4.69, 9.17) is 0 Å². The quantitative estimate of drug-likeness (QED) is 0.502. The molecule has 2 unspecified atom stereocenters. The van der Waals surface area contributed by atoms with Gasteiger partial charge in [-0.05, 0) is 38.5 Å². The zero-order valence-electron chi connectivity index (χ0n) is 7.98. The zero-order valence-corrected chi connectivity index (χ0v) is 9.57. The van der Waals surface area contributed by atoms with Crippen molar-refractivity contribution in [2.75, 3.05) is 0 Å². The number of alkyl halides is 1. The summed E-state index contributed by atoms with van der Waals surface area (Å²) in [5.74, 6) is 0.958. The Morgan fingerprint density at radius 2 is 2.25 bits per heavy atom. The molecule has 0 aromatic carbocycles. The standard InChI is InChI=1S/C11H19Br/c1-9(2)6-7-10-4-3-5-11(12)8-10/h10-11H,1,3-8H2,2H3. The molecular weight excluding hydrogens is 212 g/mol. The third kappa shape index (κ3) is 3.75. The molecule has 0 heterocycles. The molecule has 0 amide bonds. The predicted octanol–water partition coefficient (Wildman–Crippen LogP) is 4.30. The van der Waals surface area contributed by atoms with Crippen LogP contribution in [0.15, 0.2) is 12.2 Å². The van der Waals surface area contributed by atoms with Crippen molar-refractivity contribution in [3.8, 4) is 0 Å². The van der Waals surface area contributed by atoms with Gasteiger partial charge in [0.05, 0.1) is 0 Å². The van der Waals surface area contributed by atoms with Gasteiger partial charge in [-0.1, -0.05) is 34.3 Å². The number of hydrogen-bond donors (Lipinski definition) is 0. The van der Waals surface area contributed by atoms with Gasteiger partial charge in [0.2, 0.25) is 0 Å².